The van der Waals surface area contributed by atoms with Crippen LogP contribution in [0, 0.1) is 0 Å². The van der Waals surface area contributed by atoms with Gasteiger partial charge in [-0.3, -0.25) is 0 Å². The quantitative estimate of drug-likeness (QED) is 0.482. The van der Waals surface area contributed by atoms with E-state index in [4.69, 9.17) is 16.6 Å². The van der Waals surface area contributed by atoms with Crippen LogP contribution in [-0.2, 0) is 4.79 Å². The van der Waals surface area contributed by atoms with Gasteiger partial charge in [-0.05, 0) is 25.1 Å². The van der Waals surface area contributed by atoms with Gasteiger partial charge in [0.25, 0.3) is 0 Å². The maximum absolute atomic E-state index is 10.5. The van der Waals surface area contributed by atoms with Gasteiger partial charge >= 0.3 is 5.97 Å². The minimum absolute atomic E-state index is 0.00849. The summed E-state index contributed by atoms with van der Waals surface area (Å²) in [5, 5.41) is 8.58. The second-order valence-electron chi connectivity index (χ2n) is 2.82. The smallest absolute Gasteiger partial charge is 0.349 e. The van der Waals surface area contributed by atoms with Crippen molar-refractivity contribution >= 4 is 28.7 Å². The Kier molecular flexibility index (Phi) is 2.71. The van der Waals surface area contributed by atoms with Crippen molar-refractivity contribution in [3.63, 3.8) is 0 Å². The van der Waals surface area contributed by atoms with Crippen LogP contribution in [0.15, 0.2) is 23.2 Å². The van der Waals surface area contributed by atoms with E-state index in [1.54, 1.807) is 12.1 Å². The molecule has 1 rings (SSSR count). The van der Waals surface area contributed by atoms with E-state index >= 15 is 0 Å². The number of nitrogens with two attached hydrogens (primary N) is 2. The van der Waals surface area contributed by atoms with E-state index in [9.17, 15) is 4.79 Å². The molecule has 0 bridgehead atoms. The number of carboxylic acids is 1. The SMILES string of the molecule is CC(=Nc1ccc(N)c(N)c1)C(=O)O. The van der Waals surface area contributed by atoms with Gasteiger partial charge in [0, 0.05) is 0 Å². The van der Waals surface area contributed by atoms with Crippen molar-refractivity contribution in [2.45, 2.75) is 6.92 Å². The fourth-order valence-corrected chi connectivity index (χ4v) is 0.873. The Hall–Kier alpha value is -2.04. The van der Waals surface area contributed by atoms with E-state index in [1.807, 2.05) is 0 Å². The maximum atomic E-state index is 10.5. The molecule has 0 atom stereocenters. The van der Waals surface area contributed by atoms with Crippen LogP contribution in [0.4, 0.5) is 17.1 Å². The van der Waals surface area contributed by atoms with E-state index in [-0.39, 0.29) is 5.71 Å². The van der Waals surface area contributed by atoms with Crippen LogP contribution in [-0.4, -0.2) is 16.8 Å². The van der Waals surface area contributed by atoms with E-state index in [2.05, 4.69) is 4.99 Å². The molecular weight excluding hydrogens is 182 g/mol. The van der Waals surface area contributed by atoms with Gasteiger partial charge in [-0.1, -0.05) is 0 Å². The van der Waals surface area contributed by atoms with Crippen molar-refractivity contribution < 1.29 is 9.90 Å². The molecule has 0 heterocycles. The molecule has 0 aromatic heterocycles. The predicted octanol–water partition coefficient (Wildman–Crippen LogP) is 1.03. The molecule has 0 aliphatic rings. The van der Waals surface area contributed by atoms with Gasteiger partial charge in [-0.25, -0.2) is 9.79 Å². The number of nitrogen functional groups attached to an aromatic ring is 2. The summed E-state index contributed by atoms with van der Waals surface area (Å²) in [6.07, 6.45) is 0. The van der Waals surface area contributed by atoms with E-state index < -0.39 is 5.97 Å². The number of carbonyl (C=O) groups is 1. The lowest BCUT2D eigenvalue weighted by molar-refractivity contribution is -0.129. The Balaban J connectivity index is 3.04. The molecule has 0 aliphatic heterocycles. The predicted molar refractivity (Wildman–Crippen MR) is 55.7 cm³/mol. The first-order chi connectivity index (χ1) is 6.50. The van der Waals surface area contributed by atoms with E-state index in [0.717, 1.165) is 0 Å². The highest BCUT2D eigenvalue weighted by atomic mass is 16.4. The lowest BCUT2D eigenvalue weighted by atomic mass is 10.2. The van der Waals surface area contributed by atoms with Crippen LogP contribution >= 0.6 is 0 Å². The number of aliphatic carboxylic acids is 1. The third-order valence-corrected chi connectivity index (χ3v) is 1.68. The van der Waals surface area contributed by atoms with Crippen molar-refractivity contribution in [3.8, 4) is 0 Å². The summed E-state index contributed by atoms with van der Waals surface area (Å²) in [4.78, 5) is 14.3. The number of nitrogens with zero attached hydrogens (tertiary/aromatic N) is 1. The van der Waals surface area contributed by atoms with Gasteiger partial charge in [0.1, 0.15) is 5.71 Å². The number of aliphatic imine (C=N–C) groups is 1. The largest absolute Gasteiger partial charge is 0.477 e. The molecule has 5 N–H and O–H groups in total. The lowest BCUT2D eigenvalue weighted by Crippen LogP contribution is -2.07. The highest BCUT2D eigenvalue weighted by molar-refractivity contribution is 6.35. The van der Waals surface area contributed by atoms with Gasteiger partial charge in [-0.15, -0.1) is 0 Å². The Morgan fingerprint density at radius 1 is 1.36 bits per heavy atom. The molecule has 1 aromatic rings. The second kappa shape index (κ2) is 3.78. The molecule has 0 spiro atoms. The minimum atomic E-state index is -1.06. The fourth-order valence-electron chi connectivity index (χ4n) is 0.873. The van der Waals surface area contributed by atoms with Crippen molar-refractivity contribution in [2.75, 3.05) is 11.5 Å². The number of hydrogen-bond donors (Lipinski definition) is 3. The number of hydrogen-bond acceptors (Lipinski definition) is 4. The van der Waals surface area contributed by atoms with Crippen LogP contribution < -0.4 is 11.5 Å². The summed E-state index contributed by atoms with van der Waals surface area (Å²) < 4.78 is 0. The molecule has 0 saturated heterocycles. The van der Waals surface area contributed by atoms with Gasteiger partial charge in [-0.2, -0.15) is 0 Å². The normalized spacial score (nSPS) is 11.4. The third kappa shape index (κ3) is 2.22. The van der Waals surface area contributed by atoms with Crippen molar-refractivity contribution in [3.05, 3.63) is 18.2 Å². The summed E-state index contributed by atoms with van der Waals surface area (Å²) in [5.74, 6) is -1.06. The zero-order valence-corrected chi connectivity index (χ0v) is 7.69. The van der Waals surface area contributed by atoms with Gasteiger partial charge < -0.3 is 16.6 Å². The molecule has 0 fully saturated rings. The third-order valence-electron chi connectivity index (χ3n) is 1.68. The average molecular weight is 193 g/mol. The number of benzene rings is 1. The van der Waals surface area contributed by atoms with Crippen LogP contribution in [0.1, 0.15) is 6.92 Å². The summed E-state index contributed by atoms with van der Waals surface area (Å²) in [5.41, 5.74) is 12.4. The topological polar surface area (TPSA) is 102 Å². The van der Waals surface area contributed by atoms with Crippen LogP contribution in [0.3, 0.4) is 0 Å². The van der Waals surface area contributed by atoms with Gasteiger partial charge in [0.2, 0.25) is 0 Å². The molecule has 0 amide bonds. The highest BCUT2D eigenvalue weighted by Gasteiger charge is 2.02. The molecule has 5 heteroatoms. The lowest BCUT2D eigenvalue weighted by Gasteiger charge is -2.00. The van der Waals surface area contributed by atoms with E-state index in [1.165, 1.54) is 13.0 Å². The summed E-state index contributed by atoms with van der Waals surface area (Å²) in [6.45, 7) is 1.41. The number of carboxylic acid groups (broad SMARTS) is 1. The van der Waals surface area contributed by atoms with Gasteiger partial charge in [0.15, 0.2) is 0 Å². The summed E-state index contributed by atoms with van der Waals surface area (Å²) >= 11 is 0. The molecule has 5 nitrogen and oxygen atoms in total. The molecule has 0 radical (unpaired) electrons. The molecule has 14 heavy (non-hydrogen) atoms. The number of anilines is 2. The van der Waals surface area contributed by atoms with Crippen molar-refractivity contribution in [1.29, 1.82) is 0 Å². The Morgan fingerprint density at radius 2 is 2.00 bits per heavy atom. The summed E-state index contributed by atoms with van der Waals surface area (Å²) in [7, 11) is 0. The first-order valence-corrected chi connectivity index (χ1v) is 3.94. The summed E-state index contributed by atoms with van der Waals surface area (Å²) in [6, 6.07) is 4.73. The molecule has 0 unspecified atom stereocenters. The number of rotatable bonds is 2. The standard InChI is InChI=1S/C9H11N3O2/c1-5(9(13)14)12-6-2-3-7(10)8(11)4-6/h2-4H,10-11H2,1H3,(H,13,14). The molecule has 0 aliphatic carbocycles. The Bertz CT molecular complexity index is 399. The first-order valence-electron chi connectivity index (χ1n) is 3.94. The molecular formula is C9H11N3O2. The molecule has 0 saturated carbocycles. The minimum Gasteiger partial charge on any atom is -0.477 e. The molecule has 1 aromatic carbocycles. The molecule has 74 valence electrons. The Morgan fingerprint density at radius 3 is 2.50 bits per heavy atom. The highest BCUT2D eigenvalue weighted by Crippen LogP contribution is 2.21. The van der Waals surface area contributed by atoms with Crippen LogP contribution in [0.2, 0.25) is 0 Å². The first kappa shape index (κ1) is 10.0. The van der Waals surface area contributed by atoms with Crippen molar-refractivity contribution in [1.82, 2.24) is 0 Å². The van der Waals surface area contributed by atoms with Crippen molar-refractivity contribution in [2.24, 2.45) is 4.99 Å². The second-order valence-corrected chi connectivity index (χ2v) is 2.82. The van der Waals surface area contributed by atoms with E-state index in [0.29, 0.717) is 17.1 Å². The Labute approximate surface area is 81.1 Å². The van der Waals surface area contributed by atoms with Gasteiger partial charge in [0.05, 0.1) is 17.1 Å². The maximum Gasteiger partial charge on any atom is 0.349 e. The van der Waals surface area contributed by atoms with Crippen LogP contribution in [0.25, 0.3) is 0 Å². The van der Waals surface area contributed by atoms with Crippen LogP contribution in [0.5, 0.6) is 0 Å². The average Bonchev–Trinajstić information content (AvgIpc) is 2.11. The zero-order chi connectivity index (χ0) is 10.7. The zero-order valence-electron chi connectivity index (χ0n) is 7.69. The fraction of sp³-hybridized carbons (Fsp3) is 0.111. The monoisotopic (exact) mass is 193 g/mol.